The van der Waals surface area contributed by atoms with Crippen LogP contribution in [0.25, 0.3) is 0 Å². The number of halogens is 1. The molecule has 2 aliphatic rings. The fourth-order valence-corrected chi connectivity index (χ4v) is 3.93. The van der Waals surface area contributed by atoms with Crippen molar-refractivity contribution >= 4 is 35.5 Å². The van der Waals surface area contributed by atoms with Gasteiger partial charge in [0.05, 0.1) is 16.9 Å². The maximum Gasteiger partial charge on any atom is 0.256 e. The van der Waals surface area contributed by atoms with Gasteiger partial charge in [0, 0.05) is 50.5 Å². The van der Waals surface area contributed by atoms with Gasteiger partial charge in [0.25, 0.3) is 5.91 Å². The van der Waals surface area contributed by atoms with Crippen LogP contribution in [0.2, 0.25) is 0 Å². The van der Waals surface area contributed by atoms with Gasteiger partial charge >= 0.3 is 0 Å². The van der Waals surface area contributed by atoms with E-state index in [0.717, 1.165) is 25.2 Å². The van der Waals surface area contributed by atoms with E-state index in [2.05, 4.69) is 16.6 Å². The first-order valence-corrected chi connectivity index (χ1v) is 10.2. The van der Waals surface area contributed by atoms with Crippen molar-refractivity contribution in [2.45, 2.75) is 13.3 Å². The molecule has 0 N–H and O–H groups in total. The minimum absolute atomic E-state index is 0.0329. The Hall–Kier alpha value is -3.22. The number of benzene rings is 2. The van der Waals surface area contributed by atoms with Gasteiger partial charge in [0.15, 0.2) is 5.78 Å². The molecule has 7 heteroatoms. The average Bonchev–Trinajstić information content (AvgIpc) is 2.72. The third-order valence-electron chi connectivity index (χ3n) is 5.85. The molecule has 0 aromatic heterocycles. The van der Waals surface area contributed by atoms with Crippen LogP contribution >= 0.6 is 0 Å². The third kappa shape index (κ3) is 3.79. The molecule has 4 rings (SSSR count). The smallest absolute Gasteiger partial charge is 0.256 e. The standard InChI is InChI=1S/C23H25FN4O2/c1-16(29)17-4-6-22(20(24)14-17)27-10-12-28(13-11-27)23(30)19-15-18(25-2)5-7-21(19)26-8-3-9-26/h4-7,14-15H,2-3,8-13H2,1H3. The van der Waals surface area contributed by atoms with E-state index in [1.54, 1.807) is 18.2 Å². The Labute approximate surface area is 175 Å². The van der Waals surface area contributed by atoms with E-state index in [0.29, 0.717) is 48.7 Å². The number of aliphatic imine (C=N–C) groups is 1. The van der Waals surface area contributed by atoms with Crippen molar-refractivity contribution in [2.24, 2.45) is 4.99 Å². The highest BCUT2D eigenvalue weighted by Crippen LogP contribution is 2.30. The summed E-state index contributed by atoms with van der Waals surface area (Å²) in [6, 6.07) is 10.2. The van der Waals surface area contributed by atoms with Crippen molar-refractivity contribution in [3.63, 3.8) is 0 Å². The molecule has 30 heavy (non-hydrogen) atoms. The van der Waals surface area contributed by atoms with Crippen LogP contribution in [0.5, 0.6) is 0 Å². The highest BCUT2D eigenvalue weighted by molar-refractivity contribution is 6.01. The second kappa shape index (κ2) is 8.26. The van der Waals surface area contributed by atoms with Gasteiger partial charge < -0.3 is 14.7 Å². The molecule has 6 nitrogen and oxygen atoms in total. The maximum atomic E-state index is 14.5. The number of ketones is 1. The predicted molar refractivity (Wildman–Crippen MR) is 117 cm³/mol. The summed E-state index contributed by atoms with van der Waals surface area (Å²) in [5.41, 5.74) is 3.08. The minimum atomic E-state index is -0.410. The number of carbonyl (C=O) groups is 2. The molecule has 2 saturated heterocycles. The van der Waals surface area contributed by atoms with Crippen LogP contribution in [-0.4, -0.2) is 62.6 Å². The van der Waals surface area contributed by atoms with Gasteiger partial charge in [0.1, 0.15) is 5.82 Å². The van der Waals surface area contributed by atoms with E-state index in [-0.39, 0.29) is 11.7 Å². The minimum Gasteiger partial charge on any atom is -0.371 e. The molecule has 2 heterocycles. The first-order chi connectivity index (χ1) is 14.5. The molecule has 2 aromatic carbocycles. The molecular formula is C23H25FN4O2. The van der Waals surface area contributed by atoms with E-state index in [4.69, 9.17) is 0 Å². The van der Waals surface area contributed by atoms with E-state index >= 15 is 0 Å². The number of amides is 1. The number of piperazine rings is 1. The number of anilines is 2. The van der Waals surface area contributed by atoms with Crippen molar-refractivity contribution in [3.05, 3.63) is 53.3 Å². The summed E-state index contributed by atoms with van der Waals surface area (Å²) in [6.45, 7) is 8.94. The van der Waals surface area contributed by atoms with Gasteiger partial charge in [-0.05, 0) is 56.5 Å². The molecule has 0 spiro atoms. The summed E-state index contributed by atoms with van der Waals surface area (Å²) in [6.07, 6.45) is 1.13. The lowest BCUT2D eigenvalue weighted by molar-refractivity contribution is 0.0747. The van der Waals surface area contributed by atoms with Crippen LogP contribution in [-0.2, 0) is 0 Å². The maximum absolute atomic E-state index is 14.5. The van der Waals surface area contributed by atoms with E-state index in [1.165, 1.54) is 13.0 Å². The first kappa shape index (κ1) is 20.1. The SMILES string of the molecule is C=Nc1ccc(N2CCC2)c(C(=O)N2CCN(c3ccc(C(C)=O)cc3F)CC2)c1. The number of carbonyl (C=O) groups excluding carboxylic acids is 2. The molecule has 0 bridgehead atoms. The molecule has 0 atom stereocenters. The highest BCUT2D eigenvalue weighted by atomic mass is 19.1. The van der Waals surface area contributed by atoms with Crippen LogP contribution in [0, 0.1) is 5.82 Å². The molecule has 0 aliphatic carbocycles. The summed E-state index contributed by atoms with van der Waals surface area (Å²) < 4.78 is 14.5. The molecule has 1 amide bonds. The Morgan fingerprint density at radius 2 is 1.60 bits per heavy atom. The Kier molecular flexibility index (Phi) is 5.53. The summed E-state index contributed by atoms with van der Waals surface area (Å²) in [4.78, 5) is 34.6. The van der Waals surface area contributed by atoms with Crippen molar-refractivity contribution in [3.8, 4) is 0 Å². The van der Waals surface area contributed by atoms with E-state index in [9.17, 15) is 14.0 Å². The normalized spacial score (nSPS) is 16.3. The molecule has 0 unspecified atom stereocenters. The largest absolute Gasteiger partial charge is 0.371 e. The van der Waals surface area contributed by atoms with Gasteiger partial charge in [0.2, 0.25) is 0 Å². The zero-order chi connectivity index (χ0) is 21.3. The van der Waals surface area contributed by atoms with Crippen LogP contribution < -0.4 is 9.80 Å². The summed E-state index contributed by atoms with van der Waals surface area (Å²) in [7, 11) is 0. The van der Waals surface area contributed by atoms with Gasteiger partial charge in [-0.2, -0.15) is 0 Å². The van der Waals surface area contributed by atoms with Crippen LogP contribution in [0.4, 0.5) is 21.5 Å². The number of hydrogen-bond acceptors (Lipinski definition) is 5. The van der Waals surface area contributed by atoms with Crippen molar-refractivity contribution in [1.82, 2.24) is 4.90 Å². The molecule has 2 fully saturated rings. The zero-order valence-electron chi connectivity index (χ0n) is 17.1. The zero-order valence-corrected chi connectivity index (χ0v) is 17.1. The molecule has 0 radical (unpaired) electrons. The Balaban J connectivity index is 1.49. The Bertz CT molecular complexity index is 995. The second-order valence-corrected chi connectivity index (χ2v) is 7.70. The molecule has 2 aromatic rings. The fraction of sp³-hybridized carbons (Fsp3) is 0.348. The Morgan fingerprint density at radius 3 is 2.17 bits per heavy atom. The first-order valence-electron chi connectivity index (χ1n) is 10.2. The Morgan fingerprint density at radius 1 is 0.933 bits per heavy atom. The number of nitrogens with zero attached hydrogens (tertiary/aromatic N) is 4. The molecular weight excluding hydrogens is 383 g/mol. The van der Waals surface area contributed by atoms with Crippen molar-refractivity contribution in [1.29, 1.82) is 0 Å². The topological polar surface area (TPSA) is 56.2 Å². The summed E-state index contributed by atoms with van der Waals surface area (Å²) >= 11 is 0. The molecule has 0 saturated carbocycles. The van der Waals surface area contributed by atoms with E-state index < -0.39 is 5.82 Å². The summed E-state index contributed by atoms with van der Waals surface area (Å²) in [5, 5.41) is 0. The van der Waals surface area contributed by atoms with Gasteiger partial charge in [-0.15, -0.1) is 0 Å². The predicted octanol–water partition coefficient (Wildman–Crippen LogP) is 3.53. The average molecular weight is 408 g/mol. The lowest BCUT2D eigenvalue weighted by Crippen LogP contribution is -2.49. The van der Waals surface area contributed by atoms with Crippen LogP contribution in [0.3, 0.4) is 0 Å². The number of hydrogen-bond donors (Lipinski definition) is 0. The third-order valence-corrected chi connectivity index (χ3v) is 5.85. The fourth-order valence-electron chi connectivity index (χ4n) is 3.93. The summed E-state index contributed by atoms with van der Waals surface area (Å²) in [5.74, 6) is -0.605. The van der Waals surface area contributed by atoms with Gasteiger partial charge in [-0.25, -0.2) is 4.39 Å². The lowest BCUT2D eigenvalue weighted by Gasteiger charge is -2.38. The monoisotopic (exact) mass is 408 g/mol. The second-order valence-electron chi connectivity index (χ2n) is 7.70. The molecule has 2 aliphatic heterocycles. The van der Waals surface area contributed by atoms with E-state index in [1.807, 2.05) is 21.9 Å². The van der Waals surface area contributed by atoms with Crippen LogP contribution in [0.15, 0.2) is 41.4 Å². The highest BCUT2D eigenvalue weighted by Gasteiger charge is 2.28. The van der Waals surface area contributed by atoms with Crippen molar-refractivity contribution in [2.75, 3.05) is 49.1 Å². The number of rotatable bonds is 5. The molecule has 156 valence electrons. The quantitative estimate of drug-likeness (QED) is 0.561. The van der Waals surface area contributed by atoms with Gasteiger partial charge in [-0.3, -0.25) is 14.6 Å². The number of Topliss-reactive ketones (excluding diaryl/α,β-unsaturated/α-hetero) is 1. The van der Waals surface area contributed by atoms with Gasteiger partial charge in [-0.1, -0.05) is 0 Å². The van der Waals surface area contributed by atoms with Crippen molar-refractivity contribution < 1.29 is 14.0 Å². The lowest BCUT2D eigenvalue weighted by atomic mass is 10.1. The van der Waals surface area contributed by atoms with Crippen LogP contribution in [0.1, 0.15) is 34.1 Å².